The van der Waals surface area contributed by atoms with E-state index in [0.717, 1.165) is 17.7 Å². The van der Waals surface area contributed by atoms with Crippen LogP contribution in [0.3, 0.4) is 0 Å². The Balaban J connectivity index is 1.94. The van der Waals surface area contributed by atoms with Crippen molar-refractivity contribution in [1.29, 1.82) is 0 Å². The van der Waals surface area contributed by atoms with Gasteiger partial charge in [0.05, 0.1) is 33.7 Å². The van der Waals surface area contributed by atoms with Crippen molar-refractivity contribution in [3.8, 4) is 5.75 Å². The van der Waals surface area contributed by atoms with Crippen LogP contribution in [0.1, 0.15) is 25.8 Å². The summed E-state index contributed by atoms with van der Waals surface area (Å²) >= 11 is 0. The summed E-state index contributed by atoms with van der Waals surface area (Å²) in [6.07, 6.45) is 4.86. The molecule has 0 spiro atoms. The fourth-order valence-corrected chi connectivity index (χ4v) is 3.96. The summed E-state index contributed by atoms with van der Waals surface area (Å²) < 4.78 is 16.2. The fraction of sp³-hybridized carbons (Fsp3) is 0.600. The van der Waals surface area contributed by atoms with Gasteiger partial charge in [0, 0.05) is 6.61 Å². The SMILES string of the molecule is CO/C=C/[C@]1(C)C[C@H](C)[C@@H](COCc2ccc(OC)cc2)[C@@H]1CO. The molecule has 0 radical (unpaired) electrons. The maximum atomic E-state index is 9.92. The van der Waals surface area contributed by atoms with Crippen LogP contribution >= 0.6 is 0 Å². The smallest absolute Gasteiger partial charge is 0.118 e. The van der Waals surface area contributed by atoms with Crippen molar-refractivity contribution in [1.82, 2.24) is 0 Å². The molecule has 1 aliphatic carbocycles. The highest BCUT2D eigenvalue weighted by atomic mass is 16.5. The standard InChI is InChI=1S/C20H30O4/c1-15-11-20(2,9-10-22-3)19(12-21)18(15)14-24-13-16-5-7-17(23-4)8-6-16/h5-10,15,18-19,21H,11-14H2,1-4H3/b10-9+/t15-,18+,19-,20+/m0/s1. The molecule has 1 saturated carbocycles. The van der Waals surface area contributed by atoms with Gasteiger partial charge >= 0.3 is 0 Å². The lowest BCUT2D eigenvalue weighted by atomic mass is 9.77. The lowest BCUT2D eigenvalue weighted by Gasteiger charge is -2.30. The van der Waals surface area contributed by atoms with E-state index in [1.165, 1.54) is 0 Å². The predicted octanol–water partition coefficient (Wildman–Crippen LogP) is 3.64. The second-order valence-corrected chi connectivity index (χ2v) is 7.04. The minimum absolute atomic E-state index is 0.0433. The Bertz CT molecular complexity index is 525. The first kappa shape index (κ1) is 18.8. The largest absolute Gasteiger partial charge is 0.505 e. The van der Waals surface area contributed by atoms with Gasteiger partial charge in [0.25, 0.3) is 0 Å². The van der Waals surface area contributed by atoms with Crippen LogP contribution in [0.15, 0.2) is 36.6 Å². The molecule has 0 aromatic heterocycles. The number of aliphatic hydroxyl groups excluding tert-OH is 1. The Labute approximate surface area is 145 Å². The van der Waals surface area contributed by atoms with Gasteiger partial charge < -0.3 is 19.3 Å². The summed E-state index contributed by atoms with van der Waals surface area (Å²) in [6.45, 7) is 5.86. The zero-order valence-corrected chi connectivity index (χ0v) is 15.2. The molecule has 1 aliphatic rings. The Morgan fingerprint density at radius 3 is 2.54 bits per heavy atom. The van der Waals surface area contributed by atoms with Gasteiger partial charge in [0.2, 0.25) is 0 Å². The number of rotatable bonds is 8. The molecule has 0 bridgehead atoms. The number of hydrogen-bond donors (Lipinski definition) is 1. The van der Waals surface area contributed by atoms with Crippen molar-refractivity contribution in [3.63, 3.8) is 0 Å². The molecule has 2 rings (SSSR count). The van der Waals surface area contributed by atoms with E-state index in [0.29, 0.717) is 25.0 Å². The summed E-state index contributed by atoms with van der Waals surface area (Å²) in [6, 6.07) is 7.93. The predicted molar refractivity (Wildman–Crippen MR) is 94.8 cm³/mol. The van der Waals surface area contributed by atoms with Crippen LogP contribution in [0.5, 0.6) is 5.75 Å². The van der Waals surface area contributed by atoms with Crippen LogP contribution in [0, 0.1) is 23.2 Å². The third-order valence-electron chi connectivity index (χ3n) is 5.38. The summed E-state index contributed by atoms with van der Waals surface area (Å²) in [5.41, 5.74) is 1.09. The minimum Gasteiger partial charge on any atom is -0.505 e. The van der Waals surface area contributed by atoms with Gasteiger partial charge in [-0.2, -0.15) is 0 Å². The Hall–Kier alpha value is -1.52. The molecule has 1 N–H and O–H groups in total. The highest BCUT2D eigenvalue weighted by Gasteiger charge is 2.47. The molecule has 4 heteroatoms. The molecule has 1 aromatic rings. The van der Waals surface area contributed by atoms with Crippen molar-refractivity contribution in [2.75, 3.05) is 27.4 Å². The van der Waals surface area contributed by atoms with Crippen molar-refractivity contribution < 1.29 is 19.3 Å². The minimum atomic E-state index is -0.0433. The van der Waals surface area contributed by atoms with Crippen molar-refractivity contribution in [2.45, 2.75) is 26.9 Å². The van der Waals surface area contributed by atoms with E-state index in [-0.39, 0.29) is 17.9 Å². The third kappa shape index (κ3) is 4.31. The molecule has 1 aromatic carbocycles. The molecular formula is C20H30O4. The van der Waals surface area contributed by atoms with Gasteiger partial charge in [0.15, 0.2) is 0 Å². The molecule has 4 nitrogen and oxygen atoms in total. The maximum absolute atomic E-state index is 9.92. The Morgan fingerprint density at radius 2 is 1.96 bits per heavy atom. The van der Waals surface area contributed by atoms with E-state index in [1.54, 1.807) is 20.5 Å². The molecule has 24 heavy (non-hydrogen) atoms. The summed E-state index contributed by atoms with van der Waals surface area (Å²) in [5, 5.41) is 9.92. The summed E-state index contributed by atoms with van der Waals surface area (Å²) in [7, 11) is 3.32. The van der Waals surface area contributed by atoms with E-state index in [9.17, 15) is 5.11 Å². The Morgan fingerprint density at radius 1 is 1.25 bits per heavy atom. The number of methoxy groups -OCH3 is 2. The number of benzene rings is 1. The average molecular weight is 334 g/mol. The van der Waals surface area contributed by atoms with E-state index >= 15 is 0 Å². The monoisotopic (exact) mass is 334 g/mol. The molecule has 134 valence electrons. The number of ether oxygens (including phenoxy) is 3. The lowest BCUT2D eigenvalue weighted by molar-refractivity contribution is 0.0346. The molecule has 1 fully saturated rings. The number of allylic oxidation sites excluding steroid dienone is 1. The molecule has 0 heterocycles. The van der Waals surface area contributed by atoms with Gasteiger partial charge in [-0.3, -0.25) is 0 Å². The second-order valence-electron chi connectivity index (χ2n) is 7.04. The molecule has 0 amide bonds. The Kier molecular flexibility index (Phi) is 6.69. The fourth-order valence-electron chi connectivity index (χ4n) is 3.96. The van der Waals surface area contributed by atoms with E-state index in [4.69, 9.17) is 14.2 Å². The van der Waals surface area contributed by atoms with Gasteiger partial charge in [-0.25, -0.2) is 0 Å². The summed E-state index contributed by atoms with van der Waals surface area (Å²) in [5.74, 6) is 1.89. The molecule has 0 unspecified atom stereocenters. The maximum Gasteiger partial charge on any atom is 0.118 e. The summed E-state index contributed by atoms with van der Waals surface area (Å²) in [4.78, 5) is 0. The van der Waals surface area contributed by atoms with Gasteiger partial charge in [-0.1, -0.05) is 26.0 Å². The second kappa shape index (κ2) is 8.54. The number of hydrogen-bond acceptors (Lipinski definition) is 4. The van der Waals surface area contributed by atoms with Crippen molar-refractivity contribution >= 4 is 0 Å². The van der Waals surface area contributed by atoms with Crippen LogP contribution in [-0.2, 0) is 16.1 Å². The van der Waals surface area contributed by atoms with Gasteiger partial charge in [-0.05, 0) is 53.4 Å². The number of aliphatic hydroxyl groups is 1. The topological polar surface area (TPSA) is 47.9 Å². The van der Waals surface area contributed by atoms with Crippen LogP contribution in [0.4, 0.5) is 0 Å². The first-order valence-electron chi connectivity index (χ1n) is 8.56. The zero-order valence-electron chi connectivity index (χ0n) is 15.2. The van der Waals surface area contributed by atoms with Crippen LogP contribution in [0.2, 0.25) is 0 Å². The van der Waals surface area contributed by atoms with E-state index in [1.807, 2.05) is 24.3 Å². The quantitative estimate of drug-likeness (QED) is 0.737. The highest BCUT2D eigenvalue weighted by molar-refractivity contribution is 5.26. The molecule has 4 atom stereocenters. The normalized spacial score (nSPS) is 30.0. The van der Waals surface area contributed by atoms with Crippen LogP contribution in [-0.4, -0.2) is 32.5 Å². The zero-order chi connectivity index (χ0) is 17.6. The lowest BCUT2D eigenvalue weighted by Crippen LogP contribution is -2.29. The first-order chi connectivity index (χ1) is 11.5. The molecule has 0 saturated heterocycles. The molecule has 0 aliphatic heterocycles. The van der Waals surface area contributed by atoms with Crippen molar-refractivity contribution in [2.24, 2.45) is 23.2 Å². The highest BCUT2D eigenvalue weighted by Crippen LogP contribution is 2.51. The van der Waals surface area contributed by atoms with Crippen LogP contribution < -0.4 is 4.74 Å². The van der Waals surface area contributed by atoms with Gasteiger partial charge in [0.1, 0.15) is 5.75 Å². The van der Waals surface area contributed by atoms with E-state index < -0.39 is 0 Å². The average Bonchev–Trinajstić information content (AvgIpc) is 2.83. The van der Waals surface area contributed by atoms with Crippen molar-refractivity contribution in [3.05, 3.63) is 42.2 Å². The van der Waals surface area contributed by atoms with Gasteiger partial charge in [-0.15, -0.1) is 0 Å². The van der Waals surface area contributed by atoms with E-state index in [2.05, 4.69) is 19.9 Å². The first-order valence-corrected chi connectivity index (χ1v) is 8.56. The molecular weight excluding hydrogens is 304 g/mol. The van der Waals surface area contributed by atoms with Crippen LogP contribution in [0.25, 0.3) is 0 Å². The third-order valence-corrected chi connectivity index (χ3v) is 5.38.